The molecular weight excluding hydrogens is 309 g/mol. The van der Waals surface area contributed by atoms with Gasteiger partial charge in [0.2, 0.25) is 10.0 Å². The highest BCUT2D eigenvalue weighted by molar-refractivity contribution is 7.89. The van der Waals surface area contributed by atoms with E-state index < -0.39 is 21.9 Å². The second kappa shape index (κ2) is 5.90. The Morgan fingerprint density at radius 2 is 2.14 bits per heavy atom. The summed E-state index contributed by atoms with van der Waals surface area (Å²) in [4.78, 5) is 2.86. The lowest BCUT2D eigenvalue weighted by atomic mass is 10.0. The van der Waals surface area contributed by atoms with E-state index >= 15 is 0 Å². The number of pyridine rings is 1. The highest BCUT2D eigenvalue weighted by atomic mass is 32.2. The molecule has 1 aromatic heterocycles. The Balaban J connectivity index is 2.12. The minimum atomic E-state index is -4.59. The fourth-order valence-electron chi connectivity index (χ4n) is 2.06. The number of halogens is 3. The summed E-state index contributed by atoms with van der Waals surface area (Å²) in [7, 11) is -3.89. The third-order valence-electron chi connectivity index (χ3n) is 3.35. The lowest BCUT2D eigenvalue weighted by molar-refractivity contribution is -0.141. The predicted octanol–water partition coefficient (Wildman–Crippen LogP) is 1.80. The van der Waals surface area contributed by atoms with Gasteiger partial charge in [0.25, 0.3) is 0 Å². The van der Waals surface area contributed by atoms with Gasteiger partial charge in [-0.3, -0.25) is 4.98 Å². The van der Waals surface area contributed by atoms with E-state index in [1.165, 1.54) is 0 Å². The molecule has 5 nitrogen and oxygen atoms in total. The molecule has 0 aliphatic carbocycles. The highest BCUT2D eigenvalue weighted by Crippen LogP contribution is 2.27. The maximum Gasteiger partial charge on any atom is 0.433 e. The van der Waals surface area contributed by atoms with E-state index in [2.05, 4.69) is 9.71 Å². The summed E-state index contributed by atoms with van der Waals surface area (Å²) in [5.41, 5.74) is -1.13. The molecule has 0 amide bonds. The number of nitrogens with one attached hydrogen (secondary N) is 1. The maximum absolute atomic E-state index is 12.4. The Kier molecular flexibility index (Phi) is 4.54. The first kappa shape index (κ1) is 16.2. The number of aromatic nitrogens is 1. The van der Waals surface area contributed by atoms with Gasteiger partial charge in [-0.15, -0.1) is 0 Å². The van der Waals surface area contributed by atoms with Gasteiger partial charge in [-0.2, -0.15) is 13.2 Å². The third-order valence-corrected chi connectivity index (χ3v) is 4.89. The summed E-state index contributed by atoms with van der Waals surface area (Å²) < 4.78 is 69.0. The van der Waals surface area contributed by atoms with Crippen molar-refractivity contribution in [2.45, 2.75) is 30.5 Å². The number of nitrogens with zero attached hydrogens (tertiary/aromatic N) is 1. The largest absolute Gasteiger partial charge is 0.433 e. The zero-order valence-corrected chi connectivity index (χ0v) is 12.0. The van der Waals surface area contributed by atoms with Gasteiger partial charge in [0.15, 0.2) is 0 Å². The molecule has 9 heteroatoms. The molecule has 1 N–H and O–H groups in total. The van der Waals surface area contributed by atoms with Crippen molar-refractivity contribution < 1.29 is 26.3 Å². The molecular formula is C12H15F3N2O3S. The van der Waals surface area contributed by atoms with Gasteiger partial charge in [0.05, 0.1) is 6.61 Å². The quantitative estimate of drug-likeness (QED) is 0.917. The molecule has 2 heterocycles. The number of ether oxygens (including phenoxy) is 1. The molecule has 0 radical (unpaired) electrons. The molecule has 0 spiro atoms. The normalized spacial score (nSPS) is 21.4. The van der Waals surface area contributed by atoms with E-state index in [9.17, 15) is 21.6 Å². The summed E-state index contributed by atoms with van der Waals surface area (Å²) in [6, 6.07) is 1.19. The molecule has 21 heavy (non-hydrogen) atoms. The zero-order valence-electron chi connectivity index (χ0n) is 11.2. The lowest BCUT2D eigenvalue weighted by Crippen LogP contribution is -2.38. The van der Waals surface area contributed by atoms with E-state index in [4.69, 9.17) is 4.74 Å². The first-order valence-electron chi connectivity index (χ1n) is 6.33. The minimum absolute atomic E-state index is 0.0576. The fourth-order valence-corrected chi connectivity index (χ4v) is 3.32. The molecule has 0 aromatic carbocycles. The molecule has 1 aromatic rings. The predicted molar refractivity (Wildman–Crippen MR) is 67.9 cm³/mol. The molecule has 0 bridgehead atoms. The Morgan fingerprint density at radius 1 is 1.43 bits per heavy atom. The second-order valence-electron chi connectivity index (χ2n) is 4.91. The Bertz CT molecular complexity index is 581. The summed E-state index contributed by atoms with van der Waals surface area (Å²) >= 11 is 0. The van der Waals surface area contributed by atoms with Crippen LogP contribution in [-0.4, -0.2) is 32.7 Å². The van der Waals surface area contributed by atoms with Gasteiger partial charge in [-0.25, -0.2) is 13.1 Å². The van der Waals surface area contributed by atoms with Crippen LogP contribution in [0, 0.1) is 5.92 Å². The van der Waals surface area contributed by atoms with Crippen molar-refractivity contribution in [3.63, 3.8) is 0 Å². The molecule has 118 valence electrons. The van der Waals surface area contributed by atoms with Gasteiger partial charge in [0.1, 0.15) is 10.6 Å². The topological polar surface area (TPSA) is 68.3 Å². The Labute approximate surface area is 120 Å². The molecule has 1 saturated heterocycles. The van der Waals surface area contributed by atoms with Gasteiger partial charge < -0.3 is 4.74 Å². The lowest BCUT2D eigenvalue weighted by Gasteiger charge is -2.19. The average molecular weight is 324 g/mol. The first-order valence-corrected chi connectivity index (χ1v) is 7.82. The molecule has 0 unspecified atom stereocenters. The Hall–Kier alpha value is -1.19. The SMILES string of the molecule is C[C@@H](NS(=O)(=O)c1ccc(C(F)(F)F)nc1)[C@@H]1CCOC1. The van der Waals surface area contributed by atoms with Gasteiger partial charge in [0, 0.05) is 24.8 Å². The van der Waals surface area contributed by atoms with Crippen LogP contribution in [-0.2, 0) is 20.9 Å². The summed E-state index contributed by atoms with van der Waals surface area (Å²) in [6.45, 7) is 2.75. The van der Waals surface area contributed by atoms with Crippen LogP contribution in [0.5, 0.6) is 0 Å². The van der Waals surface area contributed by atoms with E-state index in [1.807, 2.05) is 0 Å². The van der Waals surface area contributed by atoms with Crippen molar-refractivity contribution >= 4 is 10.0 Å². The van der Waals surface area contributed by atoms with E-state index in [-0.39, 0.29) is 16.9 Å². The number of sulfonamides is 1. The molecule has 0 saturated carbocycles. The van der Waals surface area contributed by atoms with Crippen LogP contribution < -0.4 is 4.72 Å². The average Bonchev–Trinajstić information content (AvgIpc) is 2.91. The van der Waals surface area contributed by atoms with E-state index in [0.29, 0.717) is 25.5 Å². The molecule has 2 atom stereocenters. The van der Waals surface area contributed by atoms with Gasteiger partial charge in [-0.05, 0) is 25.5 Å². The monoisotopic (exact) mass is 324 g/mol. The number of rotatable bonds is 4. The second-order valence-corrected chi connectivity index (χ2v) is 6.62. The van der Waals surface area contributed by atoms with Crippen LogP contribution >= 0.6 is 0 Å². The van der Waals surface area contributed by atoms with Crippen LogP contribution in [0.4, 0.5) is 13.2 Å². The first-order chi connectivity index (χ1) is 9.70. The highest BCUT2D eigenvalue weighted by Gasteiger charge is 2.33. The molecule has 1 fully saturated rings. The summed E-state index contributed by atoms with van der Waals surface area (Å²) in [6.07, 6.45) is -3.14. The number of alkyl halides is 3. The molecule has 2 rings (SSSR count). The number of hydrogen-bond acceptors (Lipinski definition) is 4. The summed E-state index contributed by atoms with van der Waals surface area (Å²) in [5, 5.41) is 0. The zero-order chi connectivity index (χ0) is 15.7. The standard InChI is InChI=1S/C12H15F3N2O3S/c1-8(9-4-5-20-7-9)17-21(18,19)10-2-3-11(16-6-10)12(13,14)15/h2-3,6,8-9,17H,4-5,7H2,1H3/t8-,9-/m1/s1. The van der Waals surface area contributed by atoms with Crippen molar-refractivity contribution in [2.75, 3.05) is 13.2 Å². The smallest absolute Gasteiger partial charge is 0.381 e. The Morgan fingerprint density at radius 3 is 2.62 bits per heavy atom. The fraction of sp³-hybridized carbons (Fsp3) is 0.583. The minimum Gasteiger partial charge on any atom is -0.381 e. The van der Waals surface area contributed by atoms with Crippen molar-refractivity contribution in [2.24, 2.45) is 5.92 Å². The van der Waals surface area contributed by atoms with Crippen molar-refractivity contribution in [3.8, 4) is 0 Å². The van der Waals surface area contributed by atoms with E-state index in [0.717, 1.165) is 12.5 Å². The van der Waals surface area contributed by atoms with Crippen LogP contribution in [0.3, 0.4) is 0 Å². The maximum atomic E-state index is 12.4. The third kappa shape index (κ3) is 3.92. The van der Waals surface area contributed by atoms with Crippen molar-refractivity contribution in [3.05, 3.63) is 24.0 Å². The van der Waals surface area contributed by atoms with Crippen LogP contribution in [0.25, 0.3) is 0 Å². The number of hydrogen-bond donors (Lipinski definition) is 1. The van der Waals surface area contributed by atoms with Crippen molar-refractivity contribution in [1.29, 1.82) is 0 Å². The van der Waals surface area contributed by atoms with Crippen LogP contribution in [0.1, 0.15) is 19.0 Å². The van der Waals surface area contributed by atoms with Gasteiger partial charge in [-0.1, -0.05) is 0 Å². The van der Waals surface area contributed by atoms with Crippen LogP contribution in [0.2, 0.25) is 0 Å². The van der Waals surface area contributed by atoms with Crippen molar-refractivity contribution in [1.82, 2.24) is 9.71 Å². The van der Waals surface area contributed by atoms with Crippen LogP contribution in [0.15, 0.2) is 23.2 Å². The van der Waals surface area contributed by atoms with E-state index in [1.54, 1.807) is 6.92 Å². The summed E-state index contributed by atoms with van der Waals surface area (Å²) in [5.74, 6) is 0.0576. The molecule has 1 aliphatic rings. The van der Waals surface area contributed by atoms with Gasteiger partial charge >= 0.3 is 6.18 Å². The molecule has 1 aliphatic heterocycles.